The molecule has 0 spiro atoms. The molecule has 90 valence electrons. The number of nitrogens with two attached hydrogens (primary N) is 1. The van der Waals surface area contributed by atoms with E-state index in [1.165, 1.54) is 0 Å². The number of amides is 2. The minimum absolute atomic E-state index is 0.0378. The third-order valence-electron chi connectivity index (χ3n) is 2.95. The number of benzene rings is 1. The van der Waals surface area contributed by atoms with Gasteiger partial charge in [0.25, 0.3) is 0 Å². The Morgan fingerprint density at radius 2 is 2.29 bits per heavy atom. The normalized spacial score (nSPS) is 19.5. The molecule has 0 bridgehead atoms. The smallest absolute Gasteiger partial charge is 0.239 e. The van der Waals surface area contributed by atoms with E-state index in [0.717, 1.165) is 11.3 Å². The minimum atomic E-state index is -0.354. The van der Waals surface area contributed by atoms with E-state index in [9.17, 15) is 9.59 Å². The van der Waals surface area contributed by atoms with E-state index in [2.05, 4.69) is 5.43 Å². The van der Waals surface area contributed by atoms with Gasteiger partial charge in [-0.15, -0.1) is 0 Å². The van der Waals surface area contributed by atoms with Crippen LogP contribution in [0, 0.1) is 12.8 Å². The Kier molecular flexibility index (Phi) is 3.10. The number of carbonyl (C=O) groups excluding carboxylic acids is 2. The van der Waals surface area contributed by atoms with Crippen LogP contribution in [0.4, 0.5) is 5.69 Å². The molecule has 1 saturated heterocycles. The van der Waals surface area contributed by atoms with E-state index in [4.69, 9.17) is 5.84 Å². The Balaban J connectivity index is 2.18. The van der Waals surface area contributed by atoms with Crippen LogP contribution in [0.2, 0.25) is 0 Å². The van der Waals surface area contributed by atoms with Gasteiger partial charge in [0.15, 0.2) is 0 Å². The van der Waals surface area contributed by atoms with Crippen LogP contribution in [0.1, 0.15) is 12.0 Å². The van der Waals surface area contributed by atoms with Crippen LogP contribution >= 0.6 is 0 Å². The van der Waals surface area contributed by atoms with Crippen LogP contribution < -0.4 is 16.2 Å². The molecule has 0 radical (unpaired) electrons. The van der Waals surface area contributed by atoms with Crippen molar-refractivity contribution in [2.45, 2.75) is 13.3 Å². The lowest BCUT2D eigenvalue weighted by atomic mass is 10.1. The van der Waals surface area contributed by atoms with Crippen molar-refractivity contribution in [2.24, 2.45) is 11.8 Å². The van der Waals surface area contributed by atoms with Gasteiger partial charge in [-0.1, -0.05) is 12.1 Å². The maximum absolute atomic E-state index is 11.8. The number of hydrogen-bond acceptors (Lipinski definition) is 3. The second-order valence-corrected chi connectivity index (χ2v) is 4.25. The summed E-state index contributed by atoms with van der Waals surface area (Å²) in [6.45, 7) is 2.36. The fourth-order valence-corrected chi connectivity index (χ4v) is 2.05. The topological polar surface area (TPSA) is 75.4 Å². The van der Waals surface area contributed by atoms with Crippen LogP contribution in [-0.4, -0.2) is 18.4 Å². The molecule has 1 heterocycles. The maximum atomic E-state index is 11.8. The van der Waals surface area contributed by atoms with Gasteiger partial charge in [0.1, 0.15) is 0 Å². The van der Waals surface area contributed by atoms with E-state index in [0.29, 0.717) is 6.54 Å². The Morgan fingerprint density at radius 3 is 2.94 bits per heavy atom. The van der Waals surface area contributed by atoms with Crippen LogP contribution in [0.15, 0.2) is 24.3 Å². The van der Waals surface area contributed by atoms with Crippen molar-refractivity contribution in [2.75, 3.05) is 11.4 Å². The molecule has 1 aromatic rings. The predicted molar refractivity (Wildman–Crippen MR) is 64.0 cm³/mol. The minimum Gasteiger partial charge on any atom is -0.312 e. The molecule has 1 aliphatic rings. The van der Waals surface area contributed by atoms with Gasteiger partial charge in [-0.3, -0.25) is 15.0 Å². The highest BCUT2D eigenvalue weighted by molar-refractivity contribution is 6.00. The lowest BCUT2D eigenvalue weighted by Gasteiger charge is -2.16. The van der Waals surface area contributed by atoms with Crippen LogP contribution in [0.3, 0.4) is 0 Å². The molecular weight excluding hydrogens is 218 g/mol. The van der Waals surface area contributed by atoms with Gasteiger partial charge in [-0.05, 0) is 24.6 Å². The molecule has 1 aliphatic heterocycles. The summed E-state index contributed by atoms with van der Waals surface area (Å²) in [6.07, 6.45) is 0.219. The van der Waals surface area contributed by atoms with Gasteiger partial charge < -0.3 is 4.90 Å². The molecule has 0 saturated carbocycles. The van der Waals surface area contributed by atoms with E-state index in [-0.39, 0.29) is 24.2 Å². The van der Waals surface area contributed by atoms with Crippen molar-refractivity contribution in [3.63, 3.8) is 0 Å². The number of carbonyl (C=O) groups is 2. The highest BCUT2D eigenvalue weighted by atomic mass is 16.2. The summed E-state index contributed by atoms with van der Waals surface area (Å²) >= 11 is 0. The molecule has 17 heavy (non-hydrogen) atoms. The monoisotopic (exact) mass is 233 g/mol. The van der Waals surface area contributed by atoms with Gasteiger partial charge in [-0.2, -0.15) is 0 Å². The highest BCUT2D eigenvalue weighted by Crippen LogP contribution is 2.25. The van der Waals surface area contributed by atoms with E-state index >= 15 is 0 Å². The molecular formula is C12H15N3O2. The summed E-state index contributed by atoms with van der Waals surface area (Å²) in [6, 6.07) is 7.66. The fourth-order valence-electron chi connectivity index (χ4n) is 2.05. The summed E-state index contributed by atoms with van der Waals surface area (Å²) in [4.78, 5) is 24.8. The van der Waals surface area contributed by atoms with Gasteiger partial charge in [0.05, 0.1) is 5.92 Å². The fraction of sp³-hybridized carbons (Fsp3) is 0.333. The van der Waals surface area contributed by atoms with Crippen molar-refractivity contribution in [3.05, 3.63) is 29.8 Å². The average molecular weight is 233 g/mol. The number of aryl methyl sites for hydroxylation is 1. The molecule has 0 aromatic heterocycles. The maximum Gasteiger partial charge on any atom is 0.239 e. The molecule has 1 atom stereocenters. The second kappa shape index (κ2) is 4.55. The molecule has 0 unspecified atom stereocenters. The first-order valence-corrected chi connectivity index (χ1v) is 5.49. The molecule has 3 N–H and O–H groups in total. The van der Waals surface area contributed by atoms with Crippen LogP contribution in [-0.2, 0) is 9.59 Å². The Bertz CT molecular complexity index is 459. The summed E-state index contributed by atoms with van der Waals surface area (Å²) in [5.41, 5.74) is 4.01. The second-order valence-electron chi connectivity index (χ2n) is 4.25. The van der Waals surface area contributed by atoms with Crippen molar-refractivity contribution in [3.8, 4) is 0 Å². The third kappa shape index (κ3) is 2.29. The van der Waals surface area contributed by atoms with Crippen molar-refractivity contribution in [1.82, 2.24) is 5.43 Å². The Hall–Kier alpha value is -1.88. The Labute approximate surface area is 99.6 Å². The van der Waals surface area contributed by atoms with Gasteiger partial charge >= 0.3 is 0 Å². The summed E-state index contributed by atoms with van der Waals surface area (Å²) in [5.74, 6) is 4.40. The molecule has 5 heteroatoms. The van der Waals surface area contributed by atoms with E-state index < -0.39 is 0 Å². The quantitative estimate of drug-likeness (QED) is 0.439. The Morgan fingerprint density at radius 1 is 1.53 bits per heavy atom. The van der Waals surface area contributed by atoms with Crippen molar-refractivity contribution >= 4 is 17.5 Å². The van der Waals surface area contributed by atoms with Gasteiger partial charge in [0, 0.05) is 18.7 Å². The standard InChI is InChI=1S/C12H15N3O2/c1-8-3-2-4-10(5-8)15-7-9(6-11(15)16)12(17)14-13/h2-5,9H,6-7,13H2,1H3,(H,14,17)/t9-/m0/s1. The van der Waals surface area contributed by atoms with Crippen LogP contribution in [0.5, 0.6) is 0 Å². The van der Waals surface area contributed by atoms with Gasteiger partial charge in [0.2, 0.25) is 11.8 Å². The summed E-state index contributed by atoms with van der Waals surface area (Å²) in [7, 11) is 0. The first-order chi connectivity index (χ1) is 8.11. The lowest BCUT2D eigenvalue weighted by Crippen LogP contribution is -2.37. The van der Waals surface area contributed by atoms with Crippen molar-refractivity contribution < 1.29 is 9.59 Å². The number of hydrazine groups is 1. The number of rotatable bonds is 2. The summed E-state index contributed by atoms with van der Waals surface area (Å²) < 4.78 is 0. The average Bonchev–Trinajstić information content (AvgIpc) is 2.70. The predicted octanol–water partition coefficient (Wildman–Crippen LogP) is 0.338. The zero-order chi connectivity index (χ0) is 12.4. The third-order valence-corrected chi connectivity index (χ3v) is 2.95. The first-order valence-electron chi connectivity index (χ1n) is 5.49. The molecule has 2 amide bonds. The zero-order valence-electron chi connectivity index (χ0n) is 9.64. The van der Waals surface area contributed by atoms with E-state index in [1.807, 2.05) is 31.2 Å². The molecule has 2 rings (SSSR count). The van der Waals surface area contributed by atoms with Crippen LogP contribution in [0.25, 0.3) is 0 Å². The number of nitrogens with zero attached hydrogens (tertiary/aromatic N) is 1. The SMILES string of the molecule is Cc1cccc(N2C[C@@H](C(=O)NN)CC2=O)c1. The number of hydrogen-bond donors (Lipinski definition) is 2. The molecule has 1 aromatic carbocycles. The van der Waals surface area contributed by atoms with E-state index in [1.54, 1.807) is 4.90 Å². The lowest BCUT2D eigenvalue weighted by molar-refractivity contribution is -0.126. The zero-order valence-corrected chi connectivity index (χ0v) is 9.64. The molecule has 1 fully saturated rings. The molecule has 5 nitrogen and oxygen atoms in total. The largest absolute Gasteiger partial charge is 0.312 e. The van der Waals surface area contributed by atoms with Gasteiger partial charge in [-0.25, -0.2) is 5.84 Å². The molecule has 0 aliphatic carbocycles. The number of anilines is 1. The first kappa shape index (κ1) is 11.6. The number of nitrogens with one attached hydrogen (secondary N) is 1. The van der Waals surface area contributed by atoms with Crippen molar-refractivity contribution in [1.29, 1.82) is 0 Å². The highest BCUT2D eigenvalue weighted by Gasteiger charge is 2.34. The summed E-state index contributed by atoms with van der Waals surface area (Å²) in [5, 5.41) is 0.